The Kier molecular flexibility index (Phi) is 4.44. The lowest BCUT2D eigenvalue weighted by molar-refractivity contribution is 0.319. The van der Waals surface area contributed by atoms with E-state index in [0.29, 0.717) is 12.5 Å². The van der Waals surface area contributed by atoms with Crippen LogP contribution in [-0.2, 0) is 15.5 Å². The van der Waals surface area contributed by atoms with Crippen molar-refractivity contribution in [3.63, 3.8) is 0 Å². The molecule has 0 bridgehead atoms. The summed E-state index contributed by atoms with van der Waals surface area (Å²) in [5, 5.41) is 0. The van der Waals surface area contributed by atoms with Crippen molar-refractivity contribution >= 4 is 16.7 Å². The normalized spacial score (nSPS) is 17.6. The van der Waals surface area contributed by atoms with Gasteiger partial charge in [0, 0.05) is 4.90 Å². The number of ether oxygens (including phenoxy) is 1. The van der Waals surface area contributed by atoms with Gasteiger partial charge < -0.3 is 4.74 Å². The standard InChI is InChI=1S/C21H17NO2S/c23-25(17-11-5-2-6-12-17)20-14-8-7-13-18(20)21-22-19(15-24-21)16-9-3-1-4-10-16/h1-14,19H,15H2/t19-,25+/m0/s1. The highest BCUT2D eigenvalue weighted by molar-refractivity contribution is 7.85. The lowest BCUT2D eigenvalue weighted by atomic mass is 10.1. The summed E-state index contributed by atoms with van der Waals surface area (Å²) >= 11 is 0. The van der Waals surface area contributed by atoms with Crippen LogP contribution in [0.2, 0.25) is 0 Å². The highest BCUT2D eigenvalue weighted by atomic mass is 32.2. The molecule has 0 saturated carbocycles. The molecule has 124 valence electrons. The summed E-state index contributed by atoms with van der Waals surface area (Å²) in [6, 6.07) is 27.1. The average Bonchev–Trinajstić information content (AvgIpc) is 3.19. The second-order valence-electron chi connectivity index (χ2n) is 5.75. The quantitative estimate of drug-likeness (QED) is 0.703. The molecule has 0 spiro atoms. The predicted molar refractivity (Wildman–Crippen MR) is 99.2 cm³/mol. The van der Waals surface area contributed by atoms with Gasteiger partial charge >= 0.3 is 0 Å². The Morgan fingerprint density at radius 3 is 2.24 bits per heavy atom. The highest BCUT2D eigenvalue weighted by Gasteiger charge is 2.24. The average molecular weight is 347 g/mol. The lowest BCUT2D eigenvalue weighted by Crippen LogP contribution is -2.07. The molecule has 4 heteroatoms. The van der Waals surface area contributed by atoms with Crippen LogP contribution in [0.3, 0.4) is 0 Å². The van der Waals surface area contributed by atoms with E-state index in [1.165, 1.54) is 0 Å². The molecule has 25 heavy (non-hydrogen) atoms. The van der Waals surface area contributed by atoms with Gasteiger partial charge in [-0.1, -0.05) is 60.7 Å². The van der Waals surface area contributed by atoms with Gasteiger partial charge in [0.05, 0.1) is 21.3 Å². The molecule has 1 heterocycles. The summed E-state index contributed by atoms with van der Waals surface area (Å²) in [7, 11) is -1.27. The first-order valence-electron chi connectivity index (χ1n) is 8.15. The van der Waals surface area contributed by atoms with E-state index in [-0.39, 0.29) is 6.04 Å². The summed E-state index contributed by atoms with van der Waals surface area (Å²) in [5.74, 6) is 0.564. The summed E-state index contributed by atoms with van der Waals surface area (Å²) in [4.78, 5) is 6.22. The van der Waals surface area contributed by atoms with Gasteiger partial charge in [-0.05, 0) is 29.8 Å². The van der Waals surface area contributed by atoms with E-state index in [1.54, 1.807) is 0 Å². The van der Waals surface area contributed by atoms with E-state index in [0.717, 1.165) is 20.9 Å². The molecule has 0 unspecified atom stereocenters. The summed E-state index contributed by atoms with van der Waals surface area (Å²) < 4.78 is 18.8. The summed E-state index contributed by atoms with van der Waals surface area (Å²) in [5.41, 5.74) is 1.92. The van der Waals surface area contributed by atoms with E-state index in [4.69, 9.17) is 9.73 Å². The molecule has 0 fully saturated rings. The van der Waals surface area contributed by atoms with Crippen LogP contribution in [0.4, 0.5) is 0 Å². The SMILES string of the molecule is O=[S@](c1ccccc1)c1ccccc1C1=N[C@H](c2ccccc2)CO1. The molecule has 0 aromatic heterocycles. The summed E-state index contributed by atoms with van der Waals surface area (Å²) in [6.45, 7) is 0.506. The highest BCUT2D eigenvalue weighted by Crippen LogP contribution is 2.28. The van der Waals surface area contributed by atoms with E-state index >= 15 is 0 Å². The van der Waals surface area contributed by atoms with Gasteiger partial charge in [-0.15, -0.1) is 0 Å². The predicted octanol–water partition coefficient (Wildman–Crippen LogP) is 4.37. The molecule has 1 aliphatic heterocycles. The third-order valence-electron chi connectivity index (χ3n) is 4.11. The minimum atomic E-state index is -1.27. The Balaban J connectivity index is 1.69. The van der Waals surface area contributed by atoms with E-state index in [1.807, 2.05) is 72.8 Å². The fourth-order valence-electron chi connectivity index (χ4n) is 2.84. The van der Waals surface area contributed by atoms with Gasteiger partial charge in [-0.25, -0.2) is 9.20 Å². The Hall–Kier alpha value is -2.72. The van der Waals surface area contributed by atoms with Crippen LogP contribution >= 0.6 is 0 Å². The molecule has 0 amide bonds. The third-order valence-corrected chi connectivity index (χ3v) is 5.57. The van der Waals surface area contributed by atoms with Gasteiger partial charge in [0.15, 0.2) is 0 Å². The minimum Gasteiger partial charge on any atom is -0.475 e. The molecule has 4 rings (SSSR count). The fourth-order valence-corrected chi connectivity index (χ4v) is 4.06. The number of hydrogen-bond donors (Lipinski definition) is 0. The molecule has 1 aliphatic rings. The lowest BCUT2D eigenvalue weighted by Gasteiger charge is -2.09. The Morgan fingerprint density at radius 2 is 1.48 bits per heavy atom. The number of benzene rings is 3. The number of rotatable bonds is 4. The van der Waals surface area contributed by atoms with E-state index in [2.05, 4.69) is 12.1 Å². The van der Waals surface area contributed by atoms with E-state index < -0.39 is 10.8 Å². The zero-order chi connectivity index (χ0) is 17.1. The third kappa shape index (κ3) is 3.26. The van der Waals surface area contributed by atoms with Crippen LogP contribution < -0.4 is 0 Å². The Morgan fingerprint density at radius 1 is 0.840 bits per heavy atom. The van der Waals surface area contributed by atoms with Gasteiger partial charge in [0.1, 0.15) is 12.6 Å². The van der Waals surface area contributed by atoms with Crippen molar-refractivity contribution in [1.82, 2.24) is 0 Å². The van der Waals surface area contributed by atoms with Crippen molar-refractivity contribution in [2.45, 2.75) is 15.8 Å². The van der Waals surface area contributed by atoms with Crippen molar-refractivity contribution in [2.24, 2.45) is 4.99 Å². The first-order chi connectivity index (χ1) is 12.3. The van der Waals surface area contributed by atoms with Crippen LogP contribution in [0.1, 0.15) is 17.2 Å². The van der Waals surface area contributed by atoms with Crippen LogP contribution in [0.25, 0.3) is 0 Å². The molecule has 0 saturated heterocycles. The molecular formula is C21H17NO2S. The smallest absolute Gasteiger partial charge is 0.218 e. The summed E-state index contributed by atoms with van der Waals surface area (Å²) in [6.07, 6.45) is 0. The maximum atomic E-state index is 13.0. The van der Waals surface area contributed by atoms with Gasteiger partial charge in [-0.2, -0.15) is 0 Å². The van der Waals surface area contributed by atoms with Crippen LogP contribution in [0, 0.1) is 0 Å². The Bertz CT molecular complexity index is 923. The van der Waals surface area contributed by atoms with Crippen LogP contribution in [-0.4, -0.2) is 16.7 Å². The second kappa shape index (κ2) is 7.03. The van der Waals surface area contributed by atoms with Crippen LogP contribution in [0.5, 0.6) is 0 Å². The first-order valence-corrected chi connectivity index (χ1v) is 9.29. The van der Waals surface area contributed by atoms with Crippen molar-refractivity contribution in [2.75, 3.05) is 6.61 Å². The minimum absolute atomic E-state index is 0.0191. The molecule has 2 atom stereocenters. The largest absolute Gasteiger partial charge is 0.475 e. The zero-order valence-electron chi connectivity index (χ0n) is 13.5. The van der Waals surface area contributed by atoms with Gasteiger partial charge in [0.25, 0.3) is 0 Å². The second-order valence-corrected chi connectivity index (χ2v) is 7.20. The van der Waals surface area contributed by atoms with Crippen molar-refractivity contribution in [1.29, 1.82) is 0 Å². The van der Waals surface area contributed by atoms with Crippen molar-refractivity contribution in [3.05, 3.63) is 96.1 Å². The molecule has 0 radical (unpaired) electrons. The van der Waals surface area contributed by atoms with E-state index in [9.17, 15) is 4.21 Å². The maximum absolute atomic E-state index is 13.0. The number of nitrogens with zero attached hydrogens (tertiary/aromatic N) is 1. The van der Waals surface area contributed by atoms with Gasteiger partial charge in [-0.3, -0.25) is 0 Å². The monoisotopic (exact) mass is 347 g/mol. The number of hydrogen-bond acceptors (Lipinski definition) is 3. The topological polar surface area (TPSA) is 38.7 Å². The fraction of sp³-hybridized carbons (Fsp3) is 0.0952. The Labute approximate surface area is 149 Å². The molecular weight excluding hydrogens is 330 g/mol. The van der Waals surface area contributed by atoms with Crippen LogP contribution in [0.15, 0.2) is 99.7 Å². The van der Waals surface area contributed by atoms with Crippen molar-refractivity contribution < 1.29 is 8.95 Å². The maximum Gasteiger partial charge on any atom is 0.218 e. The molecule has 3 aromatic rings. The molecule has 3 nitrogen and oxygen atoms in total. The number of aliphatic imine (C=N–C) groups is 1. The van der Waals surface area contributed by atoms with Crippen molar-refractivity contribution in [3.8, 4) is 0 Å². The van der Waals surface area contributed by atoms with Gasteiger partial charge in [0.2, 0.25) is 5.90 Å². The molecule has 0 N–H and O–H groups in total. The molecule has 3 aromatic carbocycles. The zero-order valence-corrected chi connectivity index (χ0v) is 14.4. The first kappa shape index (κ1) is 15.8. The molecule has 0 aliphatic carbocycles.